The van der Waals surface area contributed by atoms with Crippen LogP contribution in [0.15, 0.2) is 54.6 Å². The van der Waals surface area contributed by atoms with Crippen molar-refractivity contribution in [2.24, 2.45) is 5.92 Å². The highest BCUT2D eigenvalue weighted by atomic mass is 16.3. The standard InChI is InChI=1S/C22H26N2O/c25-19-8-6-16(7-9-19)14-24-15-20(17-4-2-1-3-5-17)22-21(24)18-10-12-23(22)13-11-18/h1-9,18,20-22,25H,10-15H2/t20-,21+,22+/m0/s1. The van der Waals surface area contributed by atoms with E-state index in [1.807, 2.05) is 12.1 Å². The van der Waals surface area contributed by atoms with E-state index in [1.165, 1.54) is 37.1 Å². The molecule has 2 aromatic rings. The fourth-order valence-electron chi connectivity index (χ4n) is 5.55. The number of fused-ring (bicyclic) bond motifs is 2. The van der Waals surface area contributed by atoms with Crippen molar-refractivity contribution < 1.29 is 5.11 Å². The summed E-state index contributed by atoms with van der Waals surface area (Å²) < 4.78 is 0. The van der Waals surface area contributed by atoms with Crippen molar-refractivity contribution in [2.75, 3.05) is 19.6 Å². The Bertz CT molecular complexity index is 721. The minimum Gasteiger partial charge on any atom is -0.508 e. The first-order valence-electron chi connectivity index (χ1n) is 9.60. The van der Waals surface area contributed by atoms with E-state index in [4.69, 9.17) is 0 Å². The van der Waals surface area contributed by atoms with Crippen LogP contribution in [0.4, 0.5) is 0 Å². The van der Waals surface area contributed by atoms with Gasteiger partial charge in [-0.25, -0.2) is 0 Å². The molecule has 25 heavy (non-hydrogen) atoms. The number of hydrogen-bond acceptors (Lipinski definition) is 3. The monoisotopic (exact) mass is 334 g/mol. The maximum Gasteiger partial charge on any atom is 0.115 e. The average molecular weight is 334 g/mol. The van der Waals surface area contributed by atoms with E-state index in [0.29, 0.717) is 23.8 Å². The van der Waals surface area contributed by atoms with Crippen LogP contribution in [0, 0.1) is 5.92 Å². The molecule has 0 aliphatic carbocycles. The Kier molecular flexibility index (Phi) is 3.79. The summed E-state index contributed by atoms with van der Waals surface area (Å²) in [6.07, 6.45) is 2.71. The van der Waals surface area contributed by atoms with Crippen LogP contribution < -0.4 is 0 Å². The number of phenols is 1. The SMILES string of the molecule is Oc1ccc(CN2C[C@@H](c3ccccc3)[C@@H]3[C@H]2C2CCN3CC2)cc1. The van der Waals surface area contributed by atoms with Crippen LogP contribution in [0.25, 0.3) is 0 Å². The molecule has 0 spiro atoms. The summed E-state index contributed by atoms with van der Waals surface area (Å²) in [6, 6.07) is 20.2. The summed E-state index contributed by atoms with van der Waals surface area (Å²) in [7, 11) is 0. The normalized spacial score (nSPS) is 34.2. The molecule has 130 valence electrons. The van der Waals surface area contributed by atoms with Gasteiger partial charge in [-0.15, -0.1) is 0 Å². The van der Waals surface area contributed by atoms with Crippen molar-refractivity contribution in [3.8, 4) is 5.75 Å². The van der Waals surface area contributed by atoms with Crippen LogP contribution in [0.1, 0.15) is 29.9 Å². The zero-order valence-corrected chi connectivity index (χ0v) is 14.6. The molecule has 3 atom stereocenters. The Morgan fingerprint density at radius 1 is 0.880 bits per heavy atom. The molecule has 4 fully saturated rings. The Balaban J connectivity index is 1.46. The summed E-state index contributed by atoms with van der Waals surface area (Å²) in [5.41, 5.74) is 2.81. The van der Waals surface area contributed by atoms with Gasteiger partial charge in [0.05, 0.1) is 0 Å². The lowest BCUT2D eigenvalue weighted by molar-refractivity contribution is -0.00869. The van der Waals surface area contributed by atoms with E-state index in [-0.39, 0.29) is 0 Å². The van der Waals surface area contributed by atoms with Gasteiger partial charge in [-0.05, 0) is 55.1 Å². The van der Waals surface area contributed by atoms with E-state index in [2.05, 4.69) is 52.3 Å². The number of hydrogen-bond donors (Lipinski definition) is 1. The van der Waals surface area contributed by atoms with Crippen LogP contribution in [0.3, 0.4) is 0 Å². The first-order chi connectivity index (χ1) is 12.3. The van der Waals surface area contributed by atoms with Gasteiger partial charge in [0.25, 0.3) is 0 Å². The lowest BCUT2D eigenvalue weighted by Gasteiger charge is -2.51. The third kappa shape index (κ3) is 2.66. The molecule has 0 amide bonds. The smallest absolute Gasteiger partial charge is 0.115 e. The van der Waals surface area contributed by atoms with Crippen molar-refractivity contribution in [3.63, 3.8) is 0 Å². The van der Waals surface area contributed by atoms with Crippen LogP contribution in [0.5, 0.6) is 5.75 Å². The topological polar surface area (TPSA) is 26.7 Å². The first kappa shape index (κ1) is 15.4. The Morgan fingerprint density at radius 3 is 2.32 bits per heavy atom. The molecule has 4 aliphatic heterocycles. The van der Waals surface area contributed by atoms with Crippen molar-refractivity contribution in [1.82, 2.24) is 9.80 Å². The first-order valence-corrected chi connectivity index (χ1v) is 9.60. The number of phenolic OH excluding ortho intramolecular Hbond substituents is 1. The van der Waals surface area contributed by atoms with E-state index in [0.717, 1.165) is 19.0 Å². The predicted octanol–water partition coefficient (Wildman–Crippen LogP) is 3.45. The van der Waals surface area contributed by atoms with Crippen molar-refractivity contribution in [1.29, 1.82) is 0 Å². The van der Waals surface area contributed by atoms with Gasteiger partial charge in [0.1, 0.15) is 5.75 Å². The number of rotatable bonds is 3. The quantitative estimate of drug-likeness (QED) is 0.931. The average Bonchev–Trinajstić information content (AvgIpc) is 3.07. The second kappa shape index (κ2) is 6.15. The third-order valence-electron chi connectivity index (χ3n) is 6.64. The van der Waals surface area contributed by atoms with Crippen molar-refractivity contribution in [2.45, 2.75) is 37.4 Å². The molecule has 0 saturated carbocycles. The highest BCUT2D eigenvalue weighted by molar-refractivity contribution is 5.29. The van der Waals surface area contributed by atoms with E-state index in [1.54, 1.807) is 0 Å². The second-order valence-corrected chi connectivity index (χ2v) is 7.97. The molecule has 3 heteroatoms. The highest BCUT2D eigenvalue weighted by Gasteiger charge is 2.52. The maximum atomic E-state index is 9.56. The van der Waals surface area contributed by atoms with Crippen LogP contribution in [-0.4, -0.2) is 46.6 Å². The number of likely N-dealkylation sites (tertiary alicyclic amines) is 1. The van der Waals surface area contributed by atoms with Gasteiger partial charge in [-0.3, -0.25) is 9.80 Å². The molecule has 0 unspecified atom stereocenters. The third-order valence-corrected chi connectivity index (χ3v) is 6.64. The Morgan fingerprint density at radius 2 is 1.60 bits per heavy atom. The van der Waals surface area contributed by atoms with E-state index >= 15 is 0 Å². The number of benzene rings is 2. The minimum atomic E-state index is 0.355. The van der Waals surface area contributed by atoms with Gasteiger partial charge < -0.3 is 5.11 Å². The maximum absolute atomic E-state index is 9.56. The predicted molar refractivity (Wildman–Crippen MR) is 99.6 cm³/mol. The van der Waals surface area contributed by atoms with Gasteiger partial charge in [0.15, 0.2) is 0 Å². The van der Waals surface area contributed by atoms with Gasteiger partial charge in [-0.1, -0.05) is 42.5 Å². The molecule has 3 nitrogen and oxygen atoms in total. The summed E-state index contributed by atoms with van der Waals surface area (Å²) in [4.78, 5) is 5.49. The number of piperidine rings is 3. The fourth-order valence-corrected chi connectivity index (χ4v) is 5.55. The molecule has 0 aromatic heterocycles. The van der Waals surface area contributed by atoms with Gasteiger partial charge in [0, 0.05) is 31.1 Å². The van der Waals surface area contributed by atoms with Crippen LogP contribution in [0.2, 0.25) is 0 Å². The van der Waals surface area contributed by atoms with Gasteiger partial charge in [0.2, 0.25) is 0 Å². The fraction of sp³-hybridized carbons (Fsp3) is 0.455. The molecular formula is C22H26N2O. The Hall–Kier alpha value is -1.84. The summed E-state index contributed by atoms with van der Waals surface area (Å²) >= 11 is 0. The summed E-state index contributed by atoms with van der Waals surface area (Å²) in [6.45, 7) is 4.70. The lowest BCUT2D eigenvalue weighted by Crippen LogP contribution is -2.59. The van der Waals surface area contributed by atoms with Gasteiger partial charge >= 0.3 is 0 Å². The molecule has 4 aliphatic rings. The molecule has 2 bridgehead atoms. The van der Waals surface area contributed by atoms with E-state index < -0.39 is 0 Å². The summed E-state index contributed by atoms with van der Waals surface area (Å²) in [5.74, 6) is 1.82. The Labute approximate surface area is 149 Å². The van der Waals surface area contributed by atoms with Gasteiger partial charge in [-0.2, -0.15) is 0 Å². The van der Waals surface area contributed by atoms with Crippen molar-refractivity contribution in [3.05, 3.63) is 65.7 Å². The molecule has 0 radical (unpaired) electrons. The highest BCUT2D eigenvalue weighted by Crippen LogP contribution is 2.46. The summed E-state index contributed by atoms with van der Waals surface area (Å²) in [5, 5.41) is 9.56. The molecule has 6 rings (SSSR count). The largest absolute Gasteiger partial charge is 0.508 e. The molecule has 1 N–H and O–H groups in total. The number of nitrogens with zero attached hydrogens (tertiary/aromatic N) is 2. The zero-order valence-electron chi connectivity index (χ0n) is 14.6. The molecular weight excluding hydrogens is 308 g/mol. The molecule has 4 heterocycles. The minimum absolute atomic E-state index is 0.355. The lowest BCUT2D eigenvalue weighted by atomic mass is 9.75. The molecule has 2 aromatic carbocycles. The second-order valence-electron chi connectivity index (χ2n) is 7.97. The number of aromatic hydroxyl groups is 1. The molecule has 4 saturated heterocycles. The van der Waals surface area contributed by atoms with Crippen molar-refractivity contribution >= 4 is 0 Å². The van der Waals surface area contributed by atoms with E-state index in [9.17, 15) is 5.11 Å². The zero-order chi connectivity index (χ0) is 16.8. The van der Waals surface area contributed by atoms with Crippen LogP contribution in [-0.2, 0) is 6.54 Å². The van der Waals surface area contributed by atoms with Crippen LogP contribution >= 0.6 is 0 Å².